The molecule has 1 N–H and O–H groups in total. The first-order valence-electron chi connectivity index (χ1n) is 11.9. The van der Waals surface area contributed by atoms with Crippen molar-refractivity contribution in [2.75, 3.05) is 27.5 Å². The van der Waals surface area contributed by atoms with E-state index in [0.29, 0.717) is 17.7 Å². The van der Waals surface area contributed by atoms with Gasteiger partial charge < -0.3 is 14.6 Å². The predicted molar refractivity (Wildman–Crippen MR) is 141 cm³/mol. The summed E-state index contributed by atoms with van der Waals surface area (Å²) in [5, 5.41) is 19.8. The van der Waals surface area contributed by atoms with E-state index < -0.39 is 26.6 Å². The number of hydrogen-bond donors (Lipinski definition) is 1. The summed E-state index contributed by atoms with van der Waals surface area (Å²) in [6.07, 6.45) is 3.69. The van der Waals surface area contributed by atoms with Crippen molar-refractivity contribution in [2.24, 2.45) is 0 Å². The van der Waals surface area contributed by atoms with Crippen LogP contribution in [0.15, 0.2) is 71.6 Å². The molecule has 1 aliphatic rings. The first-order valence-corrected chi connectivity index (χ1v) is 13.3. The molecule has 0 saturated heterocycles. The van der Waals surface area contributed by atoms with E-state index in [9.17, 15) is 23.3 Å². The summed E-state index contributed by atoms with van der Waals surface area (Å²) in [4.78, 5) is 20.7. The van der Waals surface area contributed by atoms with Crippen LogP contribution in [-0.2, 0) is 34.0 Å². The Morgan fingerprint density at radius 2 is 1.74 bits per heavy atom. The van der Waals surface area contributed by atoms with Gasteiger partial charge in [-0.3, -0.25) is 10.1 Å². The Balaban J connectivity index is 0.000000275. The zero-order chi connectivity index (χ0) is 27.7. The van der Waals surface area contributed by atoms with Crippen LogP contribution >= 0.6 is 0 Å². The molecule has 0 unspecified atom stereocenters. The van der Waals surface area contributed by atoms with Crippen LogP contribution in [0.25, 0.3) is 0 Å². The van der Waals surface area contributed by atoms with Crippen LogP contribution < -0.4 is 4.74 Å². The predicted octanol–water partition coefficient (Wildman–Crippen LogP) is 4.31. The van der Waals surface area contributed by atoms with Crippen LogP contribution in [0.1, 0.15) is 33.5 Å². The van der Waals surface area contributed by atoms with Crippen LogP contribution in [0.2, 0.25) is 0 Å². The third kappa shape index (κ3) is 7.15. The summed E-state index contributed by atoms with van der Waals surface area (Å²) in [7, 11) is -1.09. The number of likely N-dealkylation sites (N-methyl/N-ethyl adjacent to an activating group) is 1. The molecule has 0 amide bonds. The fraction of sp³-hybridized carbons (Fsp3) is 0.296. The molecule has 0 fully saturated rings. The molecule has 0 radical (unpaired) electrons. The van der Waals surface area contributed by atoms with E-state index in [1.165, 1.54) is 56.0 Å². The minimum atomic E-state index is -3.99. The van der Waals surface area contributed by atoms with E-state index in [1.54, 1.807) is 18.2 Å². The van der Waals surface area contributed by atoms with Gasteiger partial charge in [-0.25, -0.2) is 17.5 Å². The van der Waals surface area contributed by atoms with Gasteiger partial charge in [-0.1, -0.05) is 36.4 Å². The van der Waals surface area contributed by atoms with Crippen LogP contribution in [0.5, 0.6) is 5.75 Å². The summed E-state index contributed by atoms with van der Waals surface area (Å²) in [5.41, 5.74) is 3.32. The number of para-hydroxylation sites is 2. The molecular weight excluding hydrogens is 512 g/mol. The molecule has 10 nitrogen and oxygen atoms in total. The monoisotopic (exact) mass is 542 g/mol. The van der Waals surface area contributed by atoms with Gasteiger partial charge in [0.2, 0.25) is 10.0 Å². The van der Waals surface area contributed by atoms with Crippen molar-refractivity contribution in [3.8, 4) is 5.75 Å². The smallest absolute Gasteiger partial charge is 0.335 e. The SMILES string of the molecule is COCOc1ccccc1CCN(C)S(=O)(=O)c1ccccc1[N+](=O)[O-].O=C(O)c1ccc2c(c1)CCC2. The van der Waals surface area contributed by atoms with Crippen molar-refractivity contribution in [1.29, 1.82) is 0 Å². The summed E-state index contributed by atoms with van der Waals surface area (Å²) >= 11 is 0. The lowest BCUT2D eigenvalue weighted by Gasteiger charge is -2.18. The molecule has 0 aromatic heterocycles. The second kappa shape index (κ2) is 13.1. The lowest BCUT2D eigenvalue weighted by Crippen LogP contribution is -2.29. The van der Waals surface area contributed by atoms with Gasteiger partial charge in [0.1, 0.15) is 5.75 Å². The van der Waals surface area contributed by atoms with Gasteiger partial charge in [-0.2, -0.15) is 0 Å². The third-order valence-electron chi connectivity index (χ3n) is 6.10. The first-order chi connectivity index (χ1) is 18.1. The summed E-state index contributed by atoms with van der Waals surface area (Å²) in [6, 6.07) is 18.0. The summed E-state index contributed by atoms with van der Waals surface area (Å²) in [5.74, 6) is -0.226. The highest BCUT2D eigenvalue weighted by Gasteiger charge is 2.29. The number of aryl methyl sites for hydroxylation is 2. The van der Waals surface area contributed by atoms with Crippen LogP contribution in [-0.4, -0.2) is 56.2 Å². The van der Waals surface area contributed by atoms with Gasteiger partial charge in [0.25, 0.3) is 5.69 Å². The highest BCUT2D eigenvalue weighted by atomic mass is 32.2. The molecule has 0 bridgehead atoms. The number of nitro benzene ring substituents is 1. The number of sulfonamides is 1. The first kappa shape index (κ1) is 28.8. The van der Waals surface area contributed by atoms with Crippen molar-refractivity contribution in [1.82, 2.24) is 4.31 Å². The second-order valence-corrected chi connectivity index (χ2v) is 10.6. The molecule has 11 heteroatoms. The van der Waals surface area contributed by atoms with E-state index in [4.69, 9.17) is 14.6 Å². The van der Waals surface area contributed by atoms with Gasteiger partial charge in [-0.05, 0) is 66.6 Å². The Labute approximate surface area is 221 Å². The van der Waals surface area contributed by atoms with Crippen molar-refractivity contribution < 1.29 is 32.7 Å². The number of benzene rings is 3. The van der Waals surface area contributed by atoms with Crippen LogP contribution in [0.4, 0.5) is 5.69 Å². The molecule has 38 heavy (non-hydrogen) atoms. The highest BCUT2D eigenvalue weighted by molar-refractivity contribution is 7.89. The summed E-state index contributed by atoms with van der Waals surface area (Å²) in [6.45, 7) is 0.225. The zero-order valence-electron chi connectivity index (χ0n) is 21.2. The Bertz CT molecular complexity index is 1390. The topological polar surface area (TPSA) is 136 Å². The molecule has 1 aliphatic carbocycles. The number of rotatable bonds is 10. The minimum Gasteiger partial charge on any atom is -0.478 e. The second-order valence-electron chi connectivity index (χ2n) is 8.60. The maximum Gasteiger partial charge on any atom is 0.335 e. The number of carboxylic acids is 1. The number of nitro groups is 1. The average Bonchev–Trinajstić information content (AvgIpc) is 3.39. The highest BCUT2D eigenvalue weighted by Crippen LogP contribution is 2.26. The molecule has 0 aliphatic heterocycles. The maximum atomic E-state index is 12.7. The number of hydrogen-bond acceptors (Lipinski definition) is 7. The molecule has 4 rings (SSSR count). The van der Waals surface area contributed by atoms with E-state index in [1.807, 2.05) is 24.3 Å². The average molecular weight is 543 g/mol. The number of nitrogens with zero attached hydrogens (tertiary/aromatic N) is 2. The van der Waals surface area contributed by atoms with Crippen molar-refractivity contribution >= 4 is 21.7 Å². The number of carbonyl (C=O) groups is 1. The molecule has 3 aromatic rings. The Kier molecular flexibility index (Phi) is 9.94. The Hall–Kier alpha value is -3.80. The maximum absolute atomic E-state index is 12.7. The number of aromatic carboxylic acids is 1. The normalized spacial score (nSPS) is 12.4. The molecular formula is C27H30N2O8S. The minimum absolute atomic E-state index is 0.0847. The number of methoxy groups -OCH3 is 1. The molecule has 0 atom stereocenters. The van der Waals surface area contributed by atoms with Gasteiger partial charge in [0, 0.05) is 26.8 Å². The summed E-state index contributed by atoms with van der Waals surface area (Å²) < 4.78 is 36.9. The number of fused-ring (bicyclic) bond motifs is 1. The van der Waals surface area contributed by atoms with Gasteiger partial charge in [0.15, 0.2) is 11.7 Å². The van der Waals surface area contributed by atoms with E-state index >= 15 is 0 Å². The van der Waals surface area contributed by atoms with Gasteiger partial charge in [0.05, 0.1) is 10.5 Å². The molecule has 0 heterocycles. The third-order valence-corrected chi connectivity index (χ3v) is 8.00. The number of ether oxygens (including phenoxy) is 2. The van der Waals surface area contributed by atoms with Crippen molar-refractivity contribution in [3.63, 3.8) is 0 Å². The molecule has 0 spiro atoms. The van der Waals surface area contributed by atoms with E-state index in [-0.39, 0.29) is 18.2 Å². The van der Waals surface area contributed by atoms with Gasteiger partial charge in [-0.15, -0.1) is 0 Å². The van der Waals surface area contributed by atoms with Gasteiger partial charge >= 0.3 is 5.97 Å². The quantitative estimate of drug-likeness (QED) is 0.227. The standard InChI is InChI=1S/C17H20N2O6S.C10H10O2/c1-18(12-11-14-7-3-5-9-16(14)25-13-24-2)26(22,23)17-10-6-4-8-15(17)19(20)21;11-10(12)9-5-4-7-2-1-3-8(7)6-9/h3-10H,11-13H2,1-2H3;4-6H,1-3H2,(H,11,12). The Morgan fingerprint density at radius 1 is 1.05 bits per heavy atom. The zero-order valence-corrected chi connectivity index (χ0v) is 22.0. The fourth-order valence-corrected chi connectivity index (χ4v) is 5.40. The largest absolute Gasteiger partial charge is 0.478 e. The Morgan fingerprint density at radius 3 is 2.45 bits per heavy atom. The fourth-order valence-electron chi connectivity index (χ4n) is 4.07. The van der Waals surface area contributed by atoms with E-state index in [0.717, 1.165) is 22.7 Å². The van der Waals surface area contributed by atoms with Crippen LogP contribution in [0.3, 0.4) is 0 Å². The van der Waals surface area contributed by atoms with Crippen molar-refractivity contribution in [2.45, 2.75) is 30.6 Å². The molecule has 0 saturated carbocycles. The number of carboxylic acid groups (broad SMARTS) is 1. The van der Waals surface area contributed by atoms with Crippen molar-refractivity contribution in [3.05, 3.63) is 99.1 Å². The molecule has 202 valence electrons. The lowest BCUT2D eigenvalue weighted by molar-refractivity contribution is -0.387. The lowest BCUT2D eigenvalue weighted by atomic mass is 10.1. The molecule has 3 aromatic carbocycles. The van der Waals surface area contributed by atoms with E-state index in [2.05, 4.69) is 0 Å². The van der Waals surface area contributed by atoms with Crippen LogP contribution in [0, 0.1) is 10.1 Å².